The molecule has 2 N–H and O–H groups in total. The third kappa shape index (κ3) is 4.26. The average molecular weight is 336 g/mol. The van der Waals surface area contributed by atoms with Crippen molar-refractivity contribution in [1.29, 1.82) is 0 Å². The van der Waals surface area contributed by atoms with Crippen molar-refractivity contribution in [3.8, 4) is 5.75 Å². The van der Waals surface area contributed by atoms with Gasteiger partial charge >= 0.3 is 0 Å². The van der Waals surface area contributed by atoms with Gasteiger partial charge in [0.15, 0.2) is 11.6 Å². The fraction of sp³-hybridized carbons (Fsp3) is 0.200. The Morgan fingerprint density at radius 1 is 1.16 bits per heavy atom. The molecule has 0 fully saturated rings. The van der Waals surface area contributed by atoms with Gasteiger partial charge in [0.1, 0.15) is 11.5 Å². The van der Waals surface area contributed by atoms with Crippen molar-refractivity contribution in [2.45, 2.75) is 26.3 Å². The maximum atomic E-state index is 12.7. The summed E-state index contributed by atoms with van der Waals surface area (Å²) in [4.78, 5) is 12.7. The Hall–Kier alpha value is -3.08. The highest BCUT2D eigenvalue weighted by Crippen LogP contribution is 2.25. The van der Waals surface area contributed by atoms with Crippen molar-refractivity contribution in [3.05, 3.63) is 77.0 Å². The van der Waals surface area contributed by atoms with E-state index in [2.05, 4.69) is 16.5 Å². The van der Waals surface area contributed by atoms with Gasteiger partial charge in [-0.2, -0.15) is 0 Å². The fourth-order valence-electron chi connectivity index (χ4n) is 2.70. The van der Waals surface area contributed by atoms with Gasteiger partial charge in [-0.25, -0.2) is 0 Å². The van der Waals surface area contributed by atoms with Crippen molar-refractivity contribution in [1.82, 2.24) is 5.16 Å². The van der Waals surface area contributed by atoms with E-state index in [-0.39, 0.29) is 24.0 Å². The van der Waals surface area contributed by atoms with Crippen LogP contribution in [0.4, 0.5) is 5.82 Å². The van der Waals surface area contributed by atoms with Gasteiger partial charge in [0, 0.05) is 18.1 Å². The molecule has 3 rings (SSSR count). The number of carbonyl (C=O) groups is 1. The predicted octanol–water partition coefficient (Wildman–Crippen LogP) is 4.42. The van der Waals surface area contributed by atoms with Crippen molar-refractivity contribution in [2.75, 3.05) is 5.32 Å². The van der Waals surface area contributed by atoms with Crippen LogP contribution in [0.1, 0.15) is 39.7 Å². The predicted molar refractivity (Wildman–Crippen MR) is 95.8 cm³/mol. The van der Waals surface area contributed by atoms with E-state index in [4.69, 9.17) is 4.52 Å². The molecule has 0 amide bonds. The van der Waals surface area contributed by atoms with Crippen LogP contribution >= 0.6 is 0 Å². The zero-order valence-electron chi connectivity index (χ0n) is 14.2. The smallest absolute Gasteiger partial charge is 0.170 e. The van der Waals surface area contributed by atoms with E-state index in [9.17, 15) is 9.90 Å². The first kappa shape index (κ1) is 16.8. The van der Waals surface area contributed by atoms with Crippen LogP contribution in [0.2, 0.25) is 0 Å². The lowest BCUT2D eigenvalue weighted by Gasteiger charge is -2.18. The Balaban J connectivity index is 1.85. The molecule has 0 saturated heterocycles. The number of hydrogen-bond acceptors (Lipinski definition) is 5. The van der Waals surface area contributed by atoms with E-state index in [1.165, 1.54) is 12.1 Å². The topological polar surface area (TPSA) is 75.4 Å². The number of phenolic OH excluding ortho intramolecular Hbond substituents is 1. The lowest BCUT2D eigenvalue weighted by Crippen LogP contribution is -2.16. The highest BCUT2D eigenvalue weighted by molar-refractivity contribution is 5.96. The second-order valence-electron chi connectivity index (χ2n) is 6.11. The molecule has 1 aromatic heterocycles. The number of hydrogen-bond donors (Lipinski definition) is 2. The highest BCUT2D eigenvalue weighted by atomic mass is 16.5. The molecule has 2 aromatic carbocycles. The molecular formula is C20H20N2O3. The van der Waals surface area contributed by atoms with Crippen molar-refractivity contribution >= 4 is 11.6 Å². The van der Waals surface area contributed by atoms with Crippen LogP contribution in [0.15, 0.2) is 59.1 Å². The normalized spacial score (nSPS) is 11.9. The number of aromatic nitrogens is 1. The van der Waals surface area contributed by atoms with Crippen LogP contribution < -0.4 is 5.32 Å². The van der Waals surface area contributed by atoms with E-state index in [1.807, 2.05) is 32.0 Å². The van der Waals surface area contributed by atoms with Crippen LogP contribution in [0.5, 0.6) is 5.75 Å². The van der Waals surface area contributed by atoms with Crippen LogP contribution in [0.25, 0.3) is 0 Å². The molecule has 0 spiro atoms. The molecule has 128 valence electrons. The zero-order chi connectivity index (χ0) is 17.8. The third-order valence-electron chi connectivity index (χ3n) is 3.97. The number of aromatic hydroxyl groups is 1. The largest absolute Gasteiger partial charge is 0.508 e. The van der Waals surface area contributed by atoms with Crippen molar-refractivity contribution in [3.63, 3.8) is 0 Å². The fourth-order valence-corrected chi connectivity index (χ4v) is 2.70. The Morgan fingerprint density at radius 2 is 1.92 bits per heavy atom. The SMILES string of the molecule is Cc1cccc(C(CC(=O)c2ccc(O)cc2)Nc2cc(C)on2)c1. The monoisotopic (exact) mass is 336 g/mol. The molecule has 5 nitrogen and oxygen atoms in total. The second kappa shape index (κ2) is 7.21. The number of aryl methyl sites for hydroxylation is 2. The number of nitrogens with one attached hydrogen (secondary N) is 1. The van der Waals surface area contributed by atoms with E-state index in [1.54, 1.807) is 18.2 Å². The summed E-state index contributed by atoms with van der Waals surface area (Å²) in [7, 11) is 0. The minimum atomic E-state index is -0.231. The van der Waals surface area contributed by atoms with Crippen molar-refractivity contribution in [2.24, 2.45) is 0 Å². The summed E-state index contributed by atoms with van der Waals surface area (Å²) in [6.07, 6.45) is 0.264. The van der Waals surface area contributed by atoms with Gasteiger partial charge in [-0.15, -0.1) is 0 Å². The number of phenols is 1. The van der Waals surface area contributed by atoms with E-state index in [0.29, 0.717) is 17.1 Å². The number of nitrogens with zero attached hydrogens (tertiary/aromatic N) is 1. The van der Waals surface area contributed by atoms with E-state index < -0.39 is 0 Å². The summed E-state index contributed by atoms with van der Waals surface area (Å²) in [5, 5.41) is 16.6. The highest BCUT2D eigenvalue weighted by Gasteiger charge is 2.19. The average Bonchev–Trinajstić information content (AvgIpc) is 3.00. The lowest BCUT2D eigenvalue weighted by atomic mass is 9.96. The second-order valence-corrected chi connectivity index (χ2v) is 6.11. The van der Waals surface area contributed by atoms with Crippen molar-refractivity contribution < 1.29 is 14.4 Å². The molecule has 0 saturated carbocycles. The Morgan fingerprint density at radius 3 is 2.56 bits per heavy atom. The van der Waals surface area contributed by atoms with Crippen LogP contribution in [0, 0.1) is 13.8 Å². The molecule has 0 aliphatic carbocycles. The van der Waals surface area contributed by atoms with Crippen LogP contribution in [-0.2, 0) is 0 Å². The molecule has 25 heavy (non-hydrogen) atoms. The molecule has 0 aliphatic heterocycles. The third-order valence-corrected chi connectivity index (χ3v) is 3.97. The van der Waals surface area contributed by atoms with E-state index >= 15 is 0 Å². The Kier molecular flexibility index (Phi) is 4.84. The standard InChI is InChI=1S/C20H20N2O3/c1-13-4-3-5-16(10-13)18(21-20-11-14(2)25-22-20)12-19(24)15-6-8-17(23)9-7-15/h3-11,18,23H,12H2,1-2H3,(H,21,22). The number of Topliss-reactive ketones (excluding diaryl/α,β-unsaturated/α-hetero) is 1. The van der Waals surface area contributed by atoms with Gasteiger partial charge in [0.05, 0.1) is 6.04 Å². The number of rotatable bonds is 6. The molecule has 1 unspecified atom stereocenters. The number of ketones is 1. The Labute approximate surface area is 146 Å². The van der Waals surface area contributed by atoms with E-state index in [0.717, 1.165) is 11.1 Å². The summed E-state index contributed by atoms with van der Waals surface area (Å²) in [5.74, 6) is 1.43. The zero-order valence-corrected chi connectivity index (χ0v) is 14.2. The summed E-state index contributed by atoms with van der Waals surface area (Å²) < 4.78 is 5.10. The van der Waals surface area contributed by atoms with Crippen LogP contribution in [-0.4, -0.2) is 16.0 Å². The van der Waals surface area contributed by atoms with Crippen LogP contribution in [0.3, 0.4) is 0 Å². The minimum absolute atomic E-state index is 0.0146. The van der Waals surface area contributed by atoms with Gasteiger partial charge < -0.3 is 14.9 Å². The number of benzene rings is 2. The Bertz CT molecular complexity index is 869. The molecule has 0 bridgehead atoms. The molecule has 1 atom stereocenters. The molecule has 0 aliphatic rings. The van der Waals surface area contributed by atoms with Gasteiger partial charge in [-0.3, -0.25) is 4.79 Å². The summed E-state index contributed by atoms with van der Waals surface area (Å²) in [6.45, 7) is 3.84. The molecule has 1 heterocycles. The minimum Gasteiger partial charge on any atom is -0.508 e. The maximum absolute atomic E-state index is 12.7. The number of carbonyl (C=O) groups excluding carboxylic acids is 1. The molecular weight excluding hydrogens is 316 g/mol. The first-order chi connectivity index (χ1) is 12.0. The van der Waals surface area contributed by atoms with Gasteiger partial charge in [-0.05, 0) is 43.7 Å². The first-order valence-corrected chi connectivity index (χ1v) is 8.10. The van der Waals surface area contributed by atoms with Gasteiger partial charge in [0.2, 0.25) is 0 Å². The van der Waals surface area contributed by atoms with Gasteiger partial charge in [0.25, 0.3) is 0 Å². The van der Waals surface area contributed by atoms with Gasteiger partial charge in [-0.1, -0.05) is 35.0 Å². The molecule has 5 heteroatoms. The quantitative estimate of drug-likeness (QED) is 0.652. The first-order valence-electron chi connectivity index (χ1n) is 8.10. The summed E-state index contributed by atoms with van der Waals surface area (Å²) in [5.41, 5.74) is 2.69. The maximum Gasteiger partial charge on any atom is 0.170 e. The summed E-state index contributed by atoms with van der Waals surface area (Å²) >= 11 is 0. The number of anilines is 1. The molecule has 0 radical (unpaired) electrons. The molecule has 3 aromatic rings. The summed E-state index contributed by atoms with van der Waals surface area (Å²) in [6, 6.07) is 15.9. The lowest BCUT2D eigenvalue weighted by molar-refractivity contribution is 0.0976.